The monoisotopic (exact) mass is 311 g/mol. The largest absolute Gasteiger partial charge is 0.313 e. The van der Waals surface area contributed by atoms with E-state index in [4.69, 9.17) is 0 Å². The van der Waals surface area contributed by atoms with E-state index in [9.17, 15) is 8.42 Å². The number of rotatable bonds is 6. The number of thiazole rings is 1. The summed E-state index contributed by atoms with van der Waals surface area (Å²) in [5.74, 6) is 0. The van der Waals surface area contributed by atoms with Crippen LogP contribution in [0, 0.1) is 6.92 Å². The highest BCUT2D eigenvalue weighted by Crippen LogP contribution is 2.21. The molecule has 108 valence electrons. The standard InChI is InChI=1S/C13H17N3O2S2/c1-3-14-9-11-5-4-10(2)12(8-11)20(17,18)16-13-15-6-7-19-13/h4-8,14H,3,9H2,1-2H3,(H,15,16). The minimum atomic E-state index is -3.59. The van der Waals surface area contributed by atoms with E-state index in [0.717, 1.165) is 12.1 Å². The van der Waals surface area contributed by atoms with Crippen molar-refractivity contribution in [2.45, 2.75) is 25.3 Å². The maximum Gasteiger partial charge on any atom is 0.263 e. The van der Waals surface area contributed by atoms with Crippen molar-refractivity contribution in [3.8, 4) is 0 Å². The predicted octanol–water partition coefficient (Wildman–Crippen LogP) is 2.36. The first-order chi connectivity index (χ1) is 9.53. The van der Waals surface area contributed by atoms with Crippen LogP contribution in [-0.2, 0) is 16.6 Å². The molecule has 5 nitrogen and oxygen atoms in total. The Labute approximate surface area is 123 Å². The lowest BCUT2D eigenvalue weighted by Gasteiger charge is -2.10. The number of aromatic nitrogens is 1. The summed E-state index contributed by atoms with van der Waals surface area (Å²) >= 11 is 1.25. The van der Waals surface area contributed by atoms with E-state index in [1.54, 1.807) is 24.6 Å². The van der Waals surface area contributed by atoms with Gasteiger partial charge in [0.25, 0.3) is 10.0 Å². The summed E-state index contributed by atoms with van der Waals surface area (Å²) in [6.07, 6.45) is 1.57. The molecule has 0 saturated heterocycles. The second-order valence-electron chi connectivity index (χ2n) is 4.32. The SMILES string of the molecule is CCNCc1ccc(C)c(S(=O)(=O)Nc2nccs2)c1. The Morgan fingerprint density at radius 2 is 2.15 bits per heavy atom. The zero-order valence-electron chi connectivity index (χ0n) is 11.4. The van der Waals surface area contributed by atoms with Gasteiger partial charge in [-0.1, -0.05) is 19.1 Å². The number of hydrogen-bond donors (Lipinski definition) is 2. The minimum Gasteiger partial charge on any atom is -0.313 e. The molecule has 0 radical (unpaired) electrons. The van der Waals surface area contributed by atoms with Crippen molar-refractivity contribution >= 4 is 26.5 Å². The first-order valence-electron chi connectivity index (χ1n) is 6.25. The first kappa shape index (κ1) is 15.0. The Morgan fingerprint density at radius 3 is 2.80 bits per heavy atom. The molecule has 2 rings (SSSR count). The summed E-state index contributed by atoms with van der Waals surface area (Å²) in [5.41, 5.74) is 1.66. The predicted molar refractivity (Wildman–Crippen MR) is 81.5 cm³/mol. The summed E-state index contributed by atoms with van der Waals surface area (Å²) in [5, 5.41) is 5.29. The van der Waals surface area contributed by atoms with Gasteiger partial charge in [0.05, 0.1) is 4.90 Å². The zero-order valence-corrected chi connectivity index (χ0v) is 13.0. The molecule has 7 heteroatoms. The molecule has 2 N–H and O–H groups in total. The molecule has 0 amide bonds. The molecule has 1 aromatic carbocycles. The van der Waals surface area contributed by atoms with Gasteiger partial charge in [0.1, 0.15) is 0 Å². The van der Waals surface area contributed by atoms with Crippen LogP contribution in [-0.4, -0.2) is 19.9 Å². The Kier molecular flexibility index (Phi) is 4.74. The number of hydrogen-bond acceptors (Lipinski definition) is 5. The lowest BCUT2D eigenvalue weighted by atomic mass is 10.1. The molecular weight excluding hydrogens is 294 g/mol. The molecule has 0 spiro atoms. The van der Waals surface area contributed by atoms with Crippen molar-refractivity contribution < 1.29 is 8.42 Å². The lowest BCUT2D eigenvalue weighted by Crippen LogP contribution is -2.16. The van der Waals surface area contributed by atoms with E-state index in [-0.39, 0.29) is 0 Å². The third-order valence-corrected chi connectivity index (χ3v) is 5.07. The molecule has 0 unspecified atom stereocenters. The molecule has 0 aliphatic rings. The van der Waals surface area contributed by atoms with Gasteiger partial charge in [0.2, 0.25) is 0 Å². The molecule has 0 aliphatic heterocycles. The number of benzene rings is 1. The summed E-state index contributed by atoms with van der Waals surface area (Å²) < 4.78 is 27.3. The van der Waals surface area contributed by atoms with Crippen LogP contribution in [0.25, 0.3) is 0 Å². The molecule has 0 fully saturated rings. The van der Waals surface area contributed by atoms with Gasteiger partial charge in [-0.05, 0) is 30.7 Å². The molecule has 20 heavy (non-hydrogen) atoms. The number of anilines is 1. The van der Waals surface area contributed by atoms with Gasteiger partial charge in [-0.3, -0.25) is 4.72 Å². The van der Waals surface area contributed by atoms with E-state index in [0.29, 0.717) is 22.1 Å². The highest BCUT2D eigenvalue weighted by atomic mass is 32.2. The van der Waals surface area contributed by atoms with E-state index in [2.05, 4.69) is 15.0 Å². The van der Waals surface area contributed by atoms with Crippen LogP contribution in [0.1, 0.15) is 18.1 Å². The smallest absolute Gasteiger partial charge is 0.263 e. The van der Waals surface area contributed by atoms with Crippen LogP contribution in [0.2, 0.25) is 0 Å². The molecule has 0 saturated carbocycles. The highest BCUT2D eigenvalue weighted by Gasteiger charge is 2.18. The maximum absolute atomic E-state index is 12.4. The van der Waals surface area contributed by atoms with Crippen LogP contribution in [0.15, 0.2) is 34.7 Å². The third kappa shape index (κ3) is 3.56. The van der Waals surface area contributed by atoms with Crippen LogP contribution in [0.5, 0.6) is 0 Å². The summed E-state index contributed by atoms with van der Waals surface area (Å²) in [7, 11) is -3.59. The van der Waals surface area contributed by atoms with Crippen LogP contribution >= 0.6 is 11.3 Å². The second kappa shape index (κ2) is 6.34. The fourth-order valence-electron chi connectivity index (χ4n) is 1.76. The third-order valence-electron chi connectivity index (χ3n) is 2.78. The van der Waals surface area contributed by atoms with E-state index >= 15 is 0 Å². The van der Waals surface area contributed by atoms with Gasteiger partial charge in [-0.15, -0.1) is 11.3 Å². The summed E-state index contributed by atoms with van der Waals surface area (Å²) in [6, 6.07) is 5.46. The molecule has 0 aliphatic carbocycles. The van der Waals surface area contributed by atoms with Crippen molar-refractivity contribution in [3.05, 3.63) is 40.9 Å². The van der Waals surface area contributed by atoms with Crippen molar-refractivity contribution in [2.75, 3.05) is 11.3 Å². The molecule has 0 atom stereocenters. The average Bonchev–Trinajstić information content (AvgIpc) is 2.89. The van der Waals surface area contributed by atoms with Crippen molar-refractivity contribution in [1.82, 2.24) is 10.3 Å². The molecule has 1 aromatic heterocycles. The van der Waals surface area contributed by atoms with E-state index < -0.39 is 10.0 Å². The Balaban J connectivity index is 2.30. The van der Waals surface area contributed by atoms with Crippen LogP contribution in [0.3, 0.4) is 0 Å². The summed E-state index contributed by atoms with van der Waals surface area (Å²) in [6.45, 7) is 5.28. The number of aryl methyl sites for hydroxylation is 1. The average molecular weight is 311 g/mol. The fraction of sp³-hybridized carbons (Fsp3) is 0.308. The van der Waals surface area contributed by atoms with Gasteiger partial charge in [-0.25, -0.2) is 13.4 Å². The van der Waals surface area contributed by atoms with Crippen LogP contribution in [0.4, 0.5) is 5.13 Å². The molecule has 2 aromatic rings. The van der Waals surface area contributed by atoms with E-state index in [1.807, 2.05) is 19.1 Å². The Morgan fingerprint density at radius 1 is 1.35 bits per heavy atom. The van der Waals surface area contributed by atoms with E-state index in [1.165, 1.54) is 11.3 Å². The van der Waals surface area contributed by atoms with Crippen molar-refractivity contribution in [3.63, 3.8) is 0 Å². The van der Waals surface area contributed by atoms with Gasteiger partial charge in [-0.2, -0.15) is 0 Å². The lowest BCUT2D eigenvalue weighted by molar-refractivity contribution is 0.600. The number of nitrogens with one attached hydrogen (secondary N) is 2. The highest BCUT2D eigenvalue weighted by molar-refractivity contribution is 7.93. The Hall–Kier alpha value is -1.44. The second-order valence-corrected chi connectivity index (χ2v) is 6.87. The quantitative estimate of drug-likeness (QED) is 0.859. The summed E-state index contributed by atoms with van der Waals surface area (Å²) in [4.78, 5) is 4.24. The molecular formula is C13H17N3O2S2. The van der Waals surface area contributed by atoms with Crippen LogP contribution < -0.4 is 10.0 Å². The topological polar surface area (TPSA) is 71.1 Å². The first-order valence-corrected chi connectivity index (χ1v) is 8.62. The minimum absolute atomic E-state index is 0.295. The normalized spacial score (nSPS) is 11.5. The molecule has 1 heterocycles. The fourth-order valence-corrected chi connectivity index (χ4v) is 3.84. The van der Waals surface area contributed by atoms with Gasteiger partial charge < -0.3 is 5.32 Å². The van der Waals surface area contributed by atoms with Gasteiger partial charge in [0.15, 0.2) is 5.13 Å². The molecule has 0 bridgehead atoms. The van der Waals surface area contributed by atoms with Gasteiger partial charge >= 0.3 is 0 Å². The number of nitrogens with zero attached hydrogens (tertiary/aromatic N) is 1. The maximum atomic E-state index is 12.4. The Bertz CT molecular complexity index is 667. The number of sulfonamides is 1. The van der Waals surface area contributed by atoms with Crippen molar-refractivity contribution in [1.29, 1.82) is 0 Å². The van der Waals surface area contributed by atoms with Crippen molar-refractivity contribution in [2.24, 2.45) is 0 Å². The van der Waals surface area contributed by atoms with Gasteiger partial charge in [0, 0.05) is 18.1 Å². The zero-order chi connectivity index (χ0) is 14.6.